The van der Waals surface area contributed by atoms with Crippen molar-refractivity contribution in [1.82, 2.24) is 5.32 Å². The molecule has 0 bridgehead atoms. The molecule has 1 aromatic carbocycles. The lowest BCUT2D eigenvalue weighted by Gasteiger charge is -2.60. The van der Waals surface area contributed by atoms with Gasteiger partial charge in [0.1, 0.15) is 0 Å². The molecule has 1 aliphatic heterocycles. The Morgan fingerprint density at radius 2 is 1.73 bits per heavy atom. The van der Waals surface area contributed by atoms with Crippen LogP contribution in [-0.4, -0.2) is 11.9 Å². The molecule has 1 heterocycles. The Labute approximate surface area is 183 Å². The van der Waals surface area contributed by atoms with Gasteiger partial charge in [-0.2, -0.15) is 0 Å². The second-order valence-corrected chi connectivity index (χ2v) is 11.7. The number of hydrogen-bond acceptors (Lipinski definition) is 1. The molecule has 2 heteroatoms. The van der Waals surface area contributed by atoms with Gasteiger partial charge in [-0.25, -0.2) is 0 Å². The summed E-state index contributed by atoms with van der Waals surface area (Å²) in [4.78, 5) is 12.0. The molecule has 0 spiro atoms. The first kappa shape index (κ1) is 20.6. The predicted molar refractivity (Wildman–Crippen MR) is 123 cm³/mol. The minimum Gasteiger partial charge on any atom is -0.353 e. The molecule has 4 fully saturated rings. The first-order valence-corrected chi connectivity index (χ1v) is 12.8. The number of amides is 1. The zero-order valence-electron chi connectivity index (χ0n) is 19.3. The lowest BCUT2D eigenvalue weighted by molar-refractivity contribution is -0.137. The van der Waals surface area contributed by atoms with Gasteiger partial charge < -0.3 is 5.32 Å². The van der Waals surface area contributed by atoms with Crippen LogP contribution >= 0.6 is 0 Å². The highest BCUT2D eigenvalue weighted by atomic mass is 16.1. The van der Waals surface area contributed by atoms with E-state index in [1.54, 1.807) is 0 Å². The van der Waals surface area contributed by atoms with Crippen molar-refractivity contribution in [3.05, 3.63) is 35.9 Å². The van der Waals surface area contributed by atoms with Gasteiger partial charge in [0.05, 0.1) is 0 Å². The van der Waals surface area contributed by atoms with Crippen molar-refractivity contribution in [3.8, 4) is 0 Å². The summed E-state index contributed by atoms with van der Waals surface area (Å²) >= 11 is 0. The van der Waals surface area contributed by atoms with E-state index < -0.39 is 0 Å². The number of piperidine rings is 1. The molecule has 0 radical (unpaired) electrons. The average Bonchev–Trinajstić information content (AvgIpc) is 3.10. The molecular weight excluding hydrogens is 366 g/mol. The van der Waals surface area contributed by atoms with Gasteiger partial charge in [-0.3, -0.25) is 4.79 Å². The molecule has 5 rings (SSSR count). The molecule has 2 nitrogen and oxygen atoms in total. The van der Waals surface area contributed by atoms with Gasteiger partial charge in [0.15, 0.2) is 0 Å². The van der Waals surface area contributed by atoms with Crippen molar-refractivity contribution < 1.29 is 4.79 Å². The summed E-state index contributed by atoms with van der Waals surface area (Å²) < 4.78 is 0. The van der Waals surface area contributed by atoms with Crippen molar-refractivity contribution >= 4 is 5.91 Å². The number of carbonyl (C=O) groups is 1. The third-order valence-corrected chi connectivity index (χ3v) is 10.6. The Morgan fingerprint density at radius 1 is 0.967 bits per heavy atom. The summed E-state index contributed by atoms with van der Waals surface area (Å²) in [7, 11) is 0. The van der Waals surface area contributed by atoms with E-state index >= 15 is 0 Å². The fraction of sp³-hybridized carbons (Fsp3) is 0.750. The molecule has 8 atom stereocenters. The maximum absolute atomic E-state index is 12.0. The highest BCUT2D eigenvalue weighted by molar-refractivity contribution is 5.77. The zero-order chi connectivity index (χ0) is 20.9. The molecule has 1 saturated heterocycles. The number of benzene rings is 1. The topological polar surface area (TPSA) is 29.1 Å². The lowest BCUT2D eigenvalue weighted by Crippen LogP contribution is -2.61. The van der Waals surface area contributed by atoms with Crippen LogP contribution in [0.3, 0.4) is 0 Å². The Morgan fingerprint density at radius 3 is 2.50 bits per heavy atom. The molecule has 4 aliphatic rings. The van der Waals surface area contributed by atoms with Gasteiger partial charge in [-0.05, 0) is 97.3 Å². The second kappa shape index (κ2) is 7.68. The number of rotatable bonds is 4. The quantitative estimate of drug-likeness (QED) is 0.615. The van der Waals surface area contributed by atoms with Crippen molar-refractivity contribution in [2.75, 3.05) is 0 Å². The average molecular weight is 408 g/mol. The highest BCUT2D eigenvalue weighted by Crippen LogP contribution is 2.66. The highest BCUT2D eigenvalue weighted by Gasteiger charge is 2.60. The Kier molecular flexibility index (Phi) is 5.27. The number of nitrogens with one attached hydrogen (secondary N) is 1. The van der Waals surface area contributed by atoms with Crippen LogP contribution in [0.25, 0.3) is 0 Å². The van der Waals surface area contributed by atoms with Crippen LogP contribution in [0.5, 0.6) is 0 Å². The van der Waals surface area contributed by atoms with E-state index in [0.29, 0.717) is 22.8 Å². The minimum atomic E-state index is 0.296. The van der Waals surface area contributed by atoms with Crippen molar-refractivity contribution in [3.63, 3.8) is 0 Å². The van der Waals surface area contributed by atoms with E-state index in [2.05, 4.69) is 56.4 Å². The van der Waals surface area contributed by atoms with E-state index in [1.165, 1.54) is 56.9 Å². The number of carbonyl (C=O) groups excluding carboxylic acids is 1. The van der Waals surface area contributed by atoms with E-state index in [1.807, 2.05) is 0 Å². The molecule has 164 valence electrons. The van der Waals surface area contributed by atoms with E-state index in [0.717, 1.165) is 42.4 Å². The summed E-state index contributed by atoms with van der Waals surface area (Å²) in [5.74, 6) is 4.61. The van der Waals surface area contributed by atoms with Crippen molar-refractivity contribution in [2.24, 2.45) is 40.4 Å². The molecule has 2 unspecified atom stereocenters. The summed E-state index contributed by atoms with van der Waals surface area (Å²) in [6.07, 6.45) is 12.7. The molecule has 0 aromatic heterocycles. The van der Waals surface area contributed by atoms with Crippen LogP contribution in [-0.2, 0) is 11.2 Å². The largest absolute Gasteiger partial charge is 0.353 e. The van der Waals surface area contributed by atoms with Gasteiger partial charge in [0, 0.05) is 12.5 Å². The van der Waals surface area contributed by atoms with Gasteiger partial charge in [0.25, 0.3) is 0 Å². The third-order valence-electron chi connectivity index (χ3n) is 10.6. The zero-order valence-corrected chi connectivity index (χ0v) is 19.3. The standard InChI is InChI=1S/C28H41NO/c1-4-20(18-19-8-6-5-7-9-19)22-11-12-23-21-10-13-25-28(3,17-15-26(30)29-25)24(21)14-16-27(22,23)2/h5-9,20-25H,4,10-18H2,1-3H3,(H,29,30)/t20?,21-,22+,23-,24-,25?,27+,28+/m0/s1. The molecule has 1 N–H and O–H groups in total. The summed E-state index contributed by atoms with van der Waals surface area (Å²) in [5, 5.41) is 3.39. The monoisotopic (exact) mass is 407 g/mol. The van der Waals surface area contributed by atoms with E-state index in [-0.39, 0.29) is 0 Å². The van der Waals surface area contributed by atoms with Crippen LogP contribution in [0, 0.1) is 40.4 Å². The van der Waals surface area contributed by atoms with Crippen LogP contribution in [0.4, 0.5) is 0 Å². The summed E-state index contributed by atoms with van der Waals surface area (Å²) in [5.41, 5.74) is 2.39. The minimum absolute atomic E-state index is 0.296. The fourth-order valence-electron chi connectivity index (χ4n) is 9.01. The first-order valence-electron chi connectivity index (χ1n) is 12.8. The Balaban J connectivity index is 1.37. The molecule has 3 saturated carbocycles. The van der Waals surface area contributed by atoms with Crippen LogP contribution in [0.2, 0.25) is 0 Å². The van der Waals surface area contributed by atoms with E-state index in [9.17, 15) is 4.79 Å². The Bertz CT molecular complexity index is 774. The van der Waals surface area contributed by atoms with E-state index in [4.69, 9.17) is 0 Å². The van der Waals surface area contributed by atoms with Crippen molar-refractivity contribution in [1.29, 1.82) is 0 Å². The maximum atomic E-state index is 12.0. The number of hydrogen-bond donors (Lipinski definition) is 1. The molecule has 1 aromatic rings. The molecule has 1 amide bonds. The van der Waals surface area contributed by atoms with Gasteiger partial charge in [-0.1, -0.05) is 57.5 Å². The fourth-order valence-corrected chi connectivity index (χ4v) is 9.01. The van der Waals surface area contributed by atoms with Gasteiger partial charge in [0.2, 0.25) is 5.91 Å². The summed E-state index contributed by atoms with van der Waals surface area (Å²) in [6.45, 7) is 7.62. The van der Waals surface area contributed by atoms with Crippen LogP contribution in [0.15, 0.2) is 30.3 Å². The Hall–Kier alpha value is -1.31. The molecule has 3 aliphatic carbocycles. The molecular formula is C28H41NO. The van der Waals surface area contributed by atoms with Crippen molar-refractivity contribution in [2.45, 2.75) is 91.0 Å². The summed E-state index contributed by atoms with van der Waals surface area (Å²) in [6, 6.07) is 11.6. The normalized spacial score (nSPS) is 43.8. The van der Waals surface area contributed by atoms with Gasteiger partial charge in [-0.15, -0.1) is 0 Å². The molecule has 30 heavy (non-hydrogen) atoms. The predicted octanol–water partition coefficient (Wildman–Crippen LogP) is 6.39. The smallest absolute Gasteiger partial charge is 0.220 e. The first-order chi connectivity index (χ1) is 14.5. The van der Waals surface area contributed by atoms with Crippen LogP contribution in [0.1, 0.15) is 84.1 Å². The SMILES string of the molecule is CCC(Cc1ccccc1)[C@H]1CC[C@H]2[C@@H]3CCC4NC(=O)CC[C@]4(C)[C@H]3CC[C@]12C. The van der Waals surface area contributed by atoms with Crippen LogP contribution < -0.4 is 5.32 Å². The third kappa shape index (κ3) is 3.16. The van der Waals surface area contributed by atoms with Gasteiger partial charge >= 0.3 is 0 Å². The second-order valence-electron chi connectivity index (χ2n) is 11.7. The number of fused-ring (bicyclic) bond motifs is 5. The maximum Gasteiger partial charge on any atom is 0.220 e. The lowest BCUT2D eigenvalue weighted by atomic mass is 9.46.